The molecule has 0 saturated heterocycles. The van der Waals surface area contributed by atoms with Crippen molar-refractivity contribution in [1.29, 1.82) is 0 Å². The minimum absolute atomic E-state index is 0. The maximum atomic E-state index is 9.38. The van der Waals surface area contributed by atoms with E-state index in [-0.39, 0.29) is 29.0 Å². The fourth-order valence-electron chi connectivity index (χ4n) is 0. The van der Waals surface area contributed by atoms with Crippen molar-refractivity contribution in [2.75, 3.05) is 6.61 Å². The zero-order valence-electron chi connectivity index (χ0n) is 5.11. The van der Waals surface area contributed by atoms with Gasteiger partial charge in [0.2, 0.25) is 0 Å². The Morgan fingerprint density at radius 2 is 1.70 bits per heavy atom. The van der Waals surface area contributed by atoms with Crippen LogP contribution in [0.2, 0.25) is 0 Å². The molecule has 0 aromatic rings. The Morgan fingerprint density at radius 1 is 1.60 bits per heavy atom. The summed E-state index contributed by atoms with van der Waals surface area (Å²) < 4.78 is 0. The van der Waals surface area contributed by atoms with Crippen molar-refractivity contribution in [2.45, 2.75) is 13.0 Å². The minimum atomic E-state index is -1.75. The molecule has 0 aliphatic rings. The van der Waals surface area contributed by atoms with Crippen molar-refractivity contribution in [3.05, 3.63) is 15.3 Å². The van der Waals surface area contributed by atoms with Gasteiger partial charge in [0.1, 0.15) is 0 Å². The smallest absolute Gasteiger partial charge is 0.0689 e. The number of nitrogens with zero attached hydrogens (tertiary/aromatic N) is 1. The van der Waals surface area contributed by atoms with Gasteiger partial charge in [0.05, 0.1) is 5.09 Å². The third kappa shape index (κ3) is 107. The molecule has 0 aliphatic carbocycles. The zero-order chi connectivity index (χ0) is 7.86. The first kappa shape index (κ1) is 16.4. The third-order valence-corrected chi connectivity index (χ3v) is 0.241. The molecular formula is C3H7AgNO5-2. The van der Waals surface area contributed by atoms with Crippen LogP contribution < -0.4 is 5.11 Å². The minimum Gasteiger partial charge on any atom is -0.853 e. The van der Waals surface area contributed by atoms with E-state index in [0.29, 0.717) is 0 Å². The van der Waals surface area contributed by atoms with Gasteiger partial charge in [0, 0.05) is 28.5 Å². The van der Waals surface area contributed by atoms with Gasteiger partial charge in [0.15, 0.2) is 0 Å². The van der Waals surface area contributed by atoms with Crippen LogP contribution in [0.25, 0.3) is 0 Å². The molecule has 0 aromatic heterocycles. The van der Waals surface area contributed by atoms with E-state index in [1.165, 1.54) is 6.92 Å². The molecule has 6 nitrogen and oxygen atoms in total. The van der Waals surface area contributed by atoms with Gasteiger partial charge in [-0.2, -0.15) is 0 Å². The van der Waals surface area contributed by atoms with Crippen molar-refractivity contribution in [2.24, 2.45) is 0 Å². The van der Waals surface area contributed by atoms with E-state index < -0.39 is 11.2 Å². The molecule has 0 aliphatic heterocycles. The average Bonchev–Trinajstić information content (AvgIpc) is 1.65. The van der Waals surface area contributed by atoms with E-state index in [9.17, 15) is 5.11 Å². The summed E-state index contributed by atoms with van der Waals surface area (Å²) in [4.78, 5) is 8.25. The van der Waals surface area contributed by atoms with Crippen LogP contribution in [-0.2, 0) is 22.4 Å². The normalized spacial score (nSPS) is 9.90. The van der Waals surface area contributed by atoms with Crippen LogP contribution in [-0.4, -0.2) is 22.9 Å². The first-order valence-electron chi connectivity index (χ1n) is 2.08. The van der Waals surface area contributed by atoms with E-state index in [0.717, 1.165) is 0 Å². The Hall–Kier alpha value is -0.140. The van der Waals surface area contributed by atoms with E-state index in [2.05, 4.69) is 0 Å². The summed E-state index contributed by atoms with van der Waals surface area (Å²) in [6, 6.07) is 0. The largest absolute Gasteiger partial charge is 0.853 e. The molecule has 0 aromatic carbocycles. The molecule has 7 heteroatoms. The predicted molar refractivity (Wildman–Crippen MR) is 26.9 cm³/mol. The number of hydrogen-bond donors (Lipinski definition) is 1. The molecule has 0 bridgehead atoms. The molecule has 1 unspecified atom stereocenters. The van der Waals surface area contributed by atoms with Crippen LogP contribution in [0.5, 0.6) is 0 Å². The van der Waals surface area contributed by atoms with Crippen LogP contribution in [0.15, 0.2) is 0 Å². The molecule has 67 valence electrons. The van der Waals surface area contributed by atoms with Gasteiger partial charge >= 0.3 is 0 Å². The summed E-state index contributed by atoms with van der Waals surface area (Å²) in [5.74, 6) is 0. The first-order valence-corrected chi connectivity index (χ1v) is 2.08. The fourth-order valence-corrected chi connectivity index (χ4v) is 0. The standard InChI is InChI=1S/C3H7O2.Ag.NO3/c1-3(5)2-4;;2-1(3)4/h3,5H,2H2,1H3;;/q-1;;-1. The van der Waals surface area contributed by atoms with Crippen molar-refractivity contribution in [3.63, 3.8) is 0 Å². The predicted octanol–water partition coefficient (Wildman–Crippen LogP) is -1.51. The molecular weight excluding hydrogens is 238 g/mol. The molecule has 1 radical (unpaired) electrons. The fraction of sp³-hybridized carbons (Fsp3) is 1.00. The molecule has 0 spiro atoms. The van der Waals surface area contributed by atoms with E-state index in [4.69, 9.17) is 20.4 Å². The first-order chi connectivity index (χ1) is 4.00. The van der Waals surface area contributed by atoms with Gasteiger partial charge in [-0.15, -0.1) is 6.61 Å². The third-order valence-electron chi connectivity index (χ3n) is 0.241. The quantitative estimate of drug-likeness (QED) is 0.343. The second-order valence-electron chi connectivity index (χ2n) is 1.24. The van der Waals surface area contributed by atoms with E-state index in [1.807, 2.05) is 0 Å². The van der Waals surface area contributed by atoms with Crippen molar-refractivity contribution in [3.8, 4) is 0 Å². The summed E-state index contributed by atoms with van der Waals surface area (Å²) in [5.41, 5.74) is 0. The van der Waals surface area contributed by atoms with Gasteiger partial charge in [-0.25, -0.2) is 0 Å². The average molecular weight is 245 g/mol. The number of aliphatic hydroxyl groups is 1. The van der Waals surface area contributed by atoms with Gasteiger partial charge in [-0.1, -0.05) is 0 Å². The van der Waals surface area contributed by atoms with Crippen molar-refractivity contribution < 1.29 is 37.7 Å². The topological polar surface area (TPSA) is 109 Å². The van der Waals surface area contributed by atoms with Gasteiger partial charge in [-0.3, -0.25) is 0 Å². The molecule has 0 saturated carbocycles. The Labute approximate surface area is 73.1 Å². The van der Waals surface area contributed by atoms with Crippen LogP contribution in [0.1, 0.15) is 6.92 Å². The Balaban J connectivity index is -0.0000000910. The molecule has 10 heavy (non-hydrogen) atoms. The Bertz CT molecular complexity index is 73.3. The summed E-state index contributed by atoms with van der Waals surface area (Å²) in [5, 5.41) is 32.2. The Kier molecular flexibility index (Phi) is 19.1. The van der Waals surface area contributed by atoms with Crippen molar-refractivity contribution in [1.82, 2.24) is 0 Å². The summed E-state index contributed by atoms with van der Waals surface area (Å²) in [6.45, 7) is 1.08. The van der Waals surface area contributed by atoms with Gasteiger partial charge in [0.25, 0.3) is 0 Å². The molecule has 0 fully saturated rings. The van der Waals surface area contributed by atoms with Crippen LogP contribution in [0.3, 0.4) is 0 Å². The van der Waals surface area contributed by atoms with E-state index in [1.54, 1.807) is 0 Å². The summed E-state index contributed by atoms with van der Waals surface area (Å²) in [6.07, 6.45) is -0.671. The van der Waals surface area contributed by atoms with Crippen molar-refractivity contribution >= 4 is 0 Å². The summed E-state index contributed by atoms with van der Waals surface area (Å²) in [7, 11) is 0. The van der Waals surface area contributed by atoms with Crippen LogP contribution in [0, 0.1) is 15.3 Å². The molecule has 0 rings (SSSR count). The number of aliphatic hydroxyl groups excluding tert-OH is 1. The molecule has 0 amide bonds. The SMILES string of the molecule is CC(O)C[O-].O=[N+]([O-])[O-].[Ag]. The van der Waals surface area contributed by atoms with Crippen LogP contribution >= 0.6 is 0 Å². The van der Waals surface area contributed by atoms with Crippen LogP contribution in [0.4, 0.5) is 0 Å². The molecule has 0 heterocycles. The zero-order valence-corrected chi connectivity index (χ0v) is 6.60. The number of hydrogen-bond acceptors (Lipinski definition) is 5. The number of rotatable bonds is 1. The van der Waals surface area contributed by atoms with Gasteiger partial charge in [-0.05, 0) is 6.92 Å². The monoisotopic (exact) mass is 244 g/mol. The maximum Gasteiger partial charge on any atom is 0.0689 e. The summed E-state index contributed by atoms with van der Waals surface area (Å²) >= 11 is 0. The van der Waals surface area contributed by atoms with E-state index >= 15 is 0 Å². The second-order valence-corrected chi connectivity index (χ2v) is 1.24. The molecule has 1 N–H and O–H groups in total. The molecule has 1 atom stereocenters. The van der Waals surface area contributed by atoms with Gasteiger partial charge < -0.3 is 25.5 Å². The maximum absolute atomic E-state index is 9.38. The Morgan fingerprint density at radius 3 is 1.70 bits per heavy atom. The second kappa shape index (κ2) is 11.6.